The highest BCUT2D eigenvalue weighted by Crippen LogP contribution is 2.59. The molecule has 4 aliphatic rings. The molecule has 2 N–H and O–H groups in total. The lowest BCUT2D eigenvalue weighted by Gasteiger charge is -2.56. The summed E-state index contributed by atoms with van der Waals surface area (Å²) in [6.45, 7) is 0.397. The van der Waals surface area contributed by atoms with Crippen molar-refractivity contribution in [3.8, 4) is 0 Å². The second kappa shape index (κ2) is 6.79. The van der Waals surface area contributed by atoms with Crippen LogP contribution in [0.3, 0.4) is 0 Å². The van der Waals surface area contributed by atoms with Gasteiger partial charge >= 0.3 is 0 Å². The number of hydrogen-bond acceptors (Lipinski definition) is 5. The fourth-order valence-corrected chi connectivity index (χ4v) is 6.09. The molecule has 4 saturated carbocycles. The van der Waals surface area contributed by atoms with Crippen LogP contribution in [0.25, 0.3) is 0 Å². The Balaban J connectivity index is 1.29. The van der Waals surface area contributed by atoms with Crippen molar-refractivity contribution in [1.29, 1.82) is 0 Å². The highest BCUT2D eigenvalue weighted by Gasteiger charge is 2.52. The number of carbonyl (C=O) groups is 1. The van der Waals surface area contributed by atoms with Crippen LogP contribution in [-0.2, 0) is 11.8 Å². The molecule has 2 aromatic rings. The van der Waals surface area contributed by atoms with E-state index >= 15 is 0 Å². The molecule has 2 heterocycles. The maximum Gasteiger partial charge on any atom is 0.263 e. The van der Waals surface area contributed by atoms with E-state index in [-0.39, 0.29) is 16.5 Å². The van der Waals surface area contributed by atoms with Gasteiger partial charge in [-0.05, 0) is 56.3 Å². The molecule has 0 aliphatic heterocycles. The van der Waals surface area contributed by atoms with E-state index in [1.54, 1.807) is 18.6 Å². The second-order valence-electron chi connectivity index (χ2n) is 8.88. The molecule has 0 aromatic carbocycles. The predicted molar refractivity (Wildman–Crippen MR) is 103 cm³/mol. The lowest BCUT2D eigenvalue weighted by molar-refractivity contribution is -0.00953. The quantitative estimate of drug-likeness (QED) is 0.827. The molecule has 0 spiro atoms. The Morgan fingerprint density at radius 1 is 1.07 bits per heavy atom. The van der Waals surface area contributed by atoms with Crippen LogP contribution in [0.1, 0.15) is 60.4 Å². The van der Waals surface area contributed by atoms with Crippen molar-refractivity contribution in [1.82, 2.24) is 25.3 Å². The summed E-state index contributed by atoms with van der Waals surface area (Å²) in [7, 11) is 0. The summed E-state index contributed by atoms with van der Waals surface area (Å²) in [5.74, 6) is 2.74. The third-order valence-corrected chi connectivity index (χ3v) is 6.87. The standard InChI is InChI=1S/C21H25N5O2/c27-18(24-2-1-16-11-22-3-4-23-16)17-12-25-20(26-19(17)28)21-8-13-5-14(9-21)7-15(6-13)10-21/h3-4,11-15H,1-2,5-10H2,(H,24,27)(H,25,26,28). The third kappa shape index (κ3) is 3.12. The van der Waals surface area contributed by atoms with Gasteiger partial charge in [-0.15, -0.1) is 0 Å². The van der Waals surface area contributed by atoms with Gasteiger partial charge in [0, 0.05) is 43.2 Å². The molecular weight excluding hydrogens is 354 g/mol. The summed E-state index contributed by atoms with van der Waals surface area (Å²) in [5.41, 5.74) is 0.562. The summed E-state index contributed by atoms with van der Waals surface area (Å²) in [6, 6.07) is 0. The molecule has 146 valence electrons. The van der Waals surface area contributed by atoms with E-state index in [9.17, 15) is 9.59 Å². The van der Waals surface area contributed by atoms with Gasteiger partial charge in [-0.2, -0.15) is 0 Å². The van der Waals surface area contributed by atoms with Gasteiger partial charge in [-0.3, -0.25) is 19.6 Å². The molecule has 2 aromatic heterocycles. The molecule has 6 rings (SSSR count). The Hall–Kier alpha value is -2.57. The van der Waals surface area contributed by atoms with Gasteiger partial charge in [-0.25, -0.2) is 4.98 Å². The summed E-state index contributed by atoms with van der Waals surface area (Å²) >= 11 is 0. The average molecular weight is 379 g/mol. The number of hydrogen-bond donors (Lipinski definition) is 2. The molecule has 4 aliphatic carbocycles. The fourth-order valence-electron chi connectivity index (χ4n) is 6.09. The smallest absolute Gasteiger partial charge is 0.263 e. The van der Waals surface area contributed by atoms with Gasteiger partial charge in [0.25, 0.3) is 11.5 Å². The maximum atomic E-state index is 12.6. The molecule has 0 saturated heterocycles. The van der Waals surface area contributed by atoms with Crippen LogP contribution in [0.15, 0.2) is 29.6 Å². The monoisotopic (exact) mass is 379 g/mol. The third-order valence-electron chi connectivity index (χ3n) is 6.87. The van der Waals surface area contributed by atoms with E-state index in [1.165, 1.54) is 25.5 Å². The molecule has 4 bridgehead atoms. The second-order valence-corrected chi connectivity index (χ2v) is 8.88. The van der Waals surface area contributed by atoms with Crippen LogP contribution in [0.5, 0.6) is 0 Å². The summed E-state index contributed by atoms with van der Waals surface area (Å²) in [6.07, 6.45) is 14.3. The average Bonchev–Trinajstić information content (AvgIpc) is 2.67. The first kappa shape index (κ1) is 17.5. The lowest BCUT2D eigenvalue weighted by Crippen LogP contribution is -2.50. The van der Waals surface area contributed by atoms with Crippen molar-refractivity contribution in [3.05, 3.63) is 52.2 Å². The normalized spacial score (nSPS) is 30.4. The van der Waals surface area contributed by atoms with Crippen molar-refractivity contribution in [2.45, 2.75) is 50.4 Å². The van der Waals surface area contributed by atoms with E-state index in [0.717, 1.165) is 48.5 Å². The number of nitrogens with one attached hydrogen (secondary N) is 2. The number of carbonyl (C=O) groups excluding carboxylic acids is 1. The zero-order chi connectivity index (χ0) is 19.1. The highest BCUT2D eigenvalue weighted by atomic mass is 16.2. The van der Waals surface area contributed by atoms with Crippen molar-refractivity contribution in [3.63, 3.8) is 0 Å². The number of aromatic amines is 1. The highest BCUT2D eigenvalue weighted by molar-refractivity contribution is 5.93. The van der Waals surface area contributed by atoms with Crippen LogP contribution in [0, 0.1) is 17.8 Å². The van der Waals surface area contributed by atoms with Crippen molar-refractivity contribution < 1.29 is 4.79 Å². The topological polar surface area (TPSA) is 101 Å². The maximum absolute atomic E-state index is 12.6. The zero-order valence-electron chi connectivity index (χ0n) is 15.9. The lowest BCUT2D eigenvalue weighted by atomic mass is 9.49. The van der Waals surface area contributed by atoms with Gasteiger partial charge in [0.15, 0.2) is 0 Å². The molecule has 0 unspecified atom stereocenters. The van der Waals surface area contributed by atoms with Gasteiger partial charge in [0.1, 0.15) is 11.4 Å². The summed E-state index contributed by atoms with van der Waals surface area (Å²) in [5, 5.41) is 2.78. The number of rotatable bonds is 5. The fraction of sp³-hybridized carbons (Fsp3) is 0.571. The van der Waals surface area contributed by atoms with E-state index < -0.39 is 5.91 Å². The first-order valence-corrected chi connectivity index (χ1v) is 10.2. The molecule has 4 fully saturated rings. The molecule has 0 atom stereocenters. The van der Waals surface area contributed by atoms with Gasteiger partial charge in [0.2, 0.25) is 0 Å². The van der Waals surface area contributed by atoms with Gasteiger partial charge < -0.3 is 10.3 Å². The predicted octanol–water partition coefficient (Wildman–Crippen LogP) is 2.00. The minimum atomic E-state index is -0.394. The van der Waals surface area contributed by atoms with Crippen LogP contribution in [0.2, 0.25) is 0 Å². The molecular formula is C21H25N5O2. The Kier molecular flexibility index (Phi) is 4.25. The first-order valence-electron chi connectivity index (χ1n) is 10.2. The van der Waals surface area contributed by atoms with E-state index in [0.29, 0.717) is 13.0 Å². The summed E-state index contributed by atoms with van der Waals surface area (Å²) < 4.78 is 0. The van der Waals surface area contributed by atoms with Crippen LogP contribution < -0.4 is 10.9 Å². The van der Waals surface area contributed by atoms with E-state index in [2.05, 4.69) is 25.3 Å². The Labute approximate surface area is 163 Å². The Morgan fingerprint density at radius 2 is 1.79 bits per heavy atom. The van der Waals surface area contributed by atoms with Crippen LogP contribution >= 0.6 is 0 Å². The van der Waals surface area contributed by atoms with Crippen LogP contribution in [0.4, 0.5) is 0 Å². The summed E-state index contributed by atoms with van der Waals surface area (Å²) in [4.78, 5) is 40.8. The Morgan fingerprint density at radius 3 is 2.39 bits per heavy atom. The Bertz CT molecular complexity index is 904. The molecule has 7 heteroatoms. The van der Waals surface area contributed by atoms with Crippen molar-refractivity contribution in [2.75, 3.05) is 6.54 Å². The van der Waals surface area contributed by atoms with Crippen LogP contribution in [-0.4, -0.2) is 32.4 Å². The largest absolute Gasteiger partial charge is 0.351 e. The van der Waals surface area contributed by atoms with Crippen molar-refractivity contribution in [2.24, 2.45) is 17.8 Å². The van der Waals surface area contributed by atoms with E-state index in [1.807, 2.05) is 0 Å². The minimum absolute atomic E-state index is 0.0227. The van der Waals surface area contributed by atoms with Crippen molar-refractivity contribution >= 4 is 5.91 Å². The number of aromatic nitrogens is 4. The molecule has 0 radical (unpaired) electrons. The van der Waals surface area contributed by atoms with E-state index in [4.69, 9.17) is 0 Å². The zero-order valence-corrected chi connectivity index (χ0v) is 15.9. The number of nitrogens with zero attached hydrogens (tertiary/aromatic N) is 3. The number of H-pyrrole nitrogens is 1. The van der Waals surface area contributed by atoms with Gasteiger partial charge in [-0.1, -0.05) is 0 Å². The molecule has 28 heavy (non-hydrogen) atoms. The molecule has 7 nitrogen and oxygen atoms in total. The first-order chi connectivity index (χ1) is 13.6. The molecule has 1 amide bonds. The number of amides is 1. The minimum Gasteiger partial charge on any atom is -0.351 e. The SMILES string of the molecule is O=C(NCCc1cnccn1)c1cnc(C23CC4CC(CC(C4)C2)C3)[nH]c1=O. The van der Waals surface area contributed by atoms with Gasteiger partial charge in [0.05, 0.1) is 5.69 Å².